The number of nitrogens with zero attached hydrogens (tertiary/aromatic N) is 1. The first-order valence-corrected chi connectivity index (χ1v) is 7.34. The van der Waals surface area contributed by atoms with E-state index in [1.807, 2.05) is 0 Å². The second-order valence-corrected chi connectivity index (χ2v) is 6.20. The van der Waals surface area contributed by atoms with E-state index in [4.69, 9.17) is 28.4 Å². The molecular weight excluding hydrogens is 310 g/mol. The summed E-state index contributed by atoms with van der Waals surface area (Å²) in [6.45, 7) is 3.55. The van der Waals surface area contributed by atoms with Crippen LogP contribution in [-0.2, 0) is 33.2 Å². The highest BCUT2D eigenvalue weighted by Gasteiger charge is 2.62. The molecule has 0 aromatic carbocycles. The molecule has 3 rings (SSSR count). The average molecular weight is 331 g/mol. The van der Waals surface area contributed by atoms with Crippen LogP contribution < -0.4 is 0 Å². The lowest BCUT2D eigenvalue weighted by molar-refractivity contribution is -0.236. The number of hydrogen-bond donors (Lipinski definition) is 0. The summed E-state index contributed by atoms with van der Waals surface area (Å²) in [6.07, 6.45) is -3.86. The number of hydrogen-bond acceptors (Lipinski definition) is 8. The Morgan fingerprint density at radius 3 is 2.39 bits per heavy atom. The first-order valence-electron chi connectivity index (χ1n) is 7.34. The third-order valence-electron chi connectivity index (χ3n) is 4.30. The molecule has 1 amide bonds. The van der Waals surface area contributed by atoms with Gasteiger partial charge in [-0.15, -0.1) is 0 Å². The molecule has 0 aromatic rings. The van der Waals surface area contributed by atoms with E-state index in [9.17, 15) is 9.59 Å². The number of amides is 1. The van der Waals surface area contributed by atoms with E-state index >= 15 is 0 Å². The van der Waals surface area contributed by atoms with Crippen LogP contribution in [0.1, 0.15) is 13.8 Å². The maximum absolute atomic E-state index is 12.1. The molecule has 3 heterocycles. The predicted molar refractivity (Wildman–Crippen MR) is 73.3 cm³/mol. The van der Waals surface area contributed by atoms with Gasteiger partial charge in [0.2, 0.25) is 0 Å². The summed E-state index contributed by atoms with van der Waals surface area (Å²) in [4.78, 5) is 25.1. The predicted octanol–water partition coefficient (Wildman–Crippen LogP) is -0.130. The highest BCUT2D eigenvalue weighted by molar-refractivity contribution is 5.85. The van der Waals surface area contributed by atoms with Crippen molar-refractivity contribution < 1.29 is 38.0 Å². The molecule has 3 saturated heterocycles. The van der Waals surface area contributed by atoms with Crippen molar-refractivity contribution in [3.8, 4) is 0 Å². The maximum atomic E-state index is 12.1. The Hall–Kier alpha value is -1.42. The number of fused-ring (bicyclic) bond motifs is 1. The molecule has 0 aliphatic carbocycles. The zero-order valence-corrected chi connectivity index (χ0v) is 13.7. The Balaban J connectivity index is 1.88. The molecule has 0 unspecified atom stereocenters. The number of cyclic esters (lactones) is 1. The summed E-state index contributed by atoms with van der Waals surface area (Å²) < 4.78 is 32.9. The van der Waals surface area contributed by atoms with Gasteiger partial charge in [-0.25, -0.2) is 9.59 Å². The fourth-order valence-electron chi connectivity index (χ4n) is 3.30. The monoisotopic (exact) mass is 331 g/mol. The molecule has 9 nitrogen and oxygen atoms in total. The SMILES string of the molecule is COC(=O)[C@H]1[C@H]([C@H]2O[C@@H](OC)[C@@H]3OC(C)(C)O[C@H]23)OC(=O)N1C. The van der Waals surface area contributed by atoms with Crippen LogP contribution in [-0.4, -0.2) is 80.8 Å². The summed E-state index contributed by atoms with van der Waals surface area (Å²) in [5.41, 5.74) is 0. The number of methoxy groups -OCH3 is 2. The lowest BCUT2D eigenvalue weighted by atomic mass is 10.00. The zero-order chi connectivity index (χ0) is 16.9. The Morgan fingerprint density at radius 2 is 1.78 bits per heavy atom. The Bertz CT molecular complexity index is 509. The van der Waals surface area contributed by atoms with E-state index in [-0.39, 0.29) is 0 Å². The number of carbonyl (C=O) groups excluding carboxylic acids is 2. The van der Waals surface area contributed by atoms with Gasteiger partial charge in [-0.3, -0.25) is 4.90 Å². The summed E-state index contributed by atoms with van der Waals surface area (Å²) in [5.74, 6) is -1.40. The minimum atomic E-state index is -0.916. The van der Waals surface area contributed by atoms with Gasteiger partial charge >= 0.3 is 12.1 Å². The summed E-state index contributed by atoms with van der Waals surface area (Å²) in [6, 6.07) is -0.916. The molecule has 3 fully saturated rings. The molecular formula is C14H21NO8. The zero-order valence-electron chi connectivity index (χ0n) is 13.7. The Labute approximate surface area is 133 Å². The molecule has 6 atom stereocenters. The van der Waals surface area contributed by atoms with Crippen molar-refractivity contribution in [2.75, 3.05) is 21.3 Å². The van der Waals surface area contributed by atoms with Gasteiger partial charge in [0, 0.05) is 14.2 Å². The van der Waals surface area contributed by atoms with Crippen LogP contribution >= 0.6 is 0 Å². The topological polar surface area (TPSA) is 92.8 Å². The van der Waals surface area contributed by atoms with E-state index in [2.05, 4.69) is 0 Å². The van der Waals surface area contributed by atoms with Crippen LogP contribution in [0.25, 0.3) is 0 Å². The highest BCUT2D eigenvalue weighted by atomic mass is 16.8. The second kappa shape index (κ2) is 5.59. The standard InChI is InChI=1S/C14H21NO8/c1-14(2)22-9-8(20-12(19-5)10(9)23-14)7-6(11(16)18-4)15(3)13(17)21-7/h6-10,12H,1-5H3/t6-,7-,8-,9-,10-,12-/m1/s1. The number of esters is 1. The van der Waals surface area contributed by atoms with Crippen molar-refractivity contribution in [3.63, 3.8) is 0 Å². The second-order valence-electron chi connectivity index (χ2n) is 6.20. The Kier molecular flexibility index (Phi) is 3.99. The number of likely N-dealkylation sites (N-methyl/N-ethyl adjacent to an activating group) is 1. The molecule has 23 heavy (non-hydrogen) atoms. The van der Waals surface area contributed by atoms with Crippen molar-refractivity contribution in [2.45, 2.75) is 56.4 Å². The maximum Gasteiger partial charge on any atom is 0.410 e. The van der Waals surface area contributed by atoms with Gasteiger partial charge in [0.1, 0.15) is 18.3 Å². The van der Waals surface area contributed by atoms with E-state index in [1.165, 1.54) is 26.2 Å². The molecule has 0 N–H and O–H groups in total. The average Bonchev–Trinajstić information content (AvgIpc) is 3.07. The highest BCUT2D eigenvalue weighted by Crippen LogP contribution is 2.42. The van der Waals surface area contributed by atoms with Crippen molar-refractivity contribution in [1.29, 1.82) is 0 Å². The molecule has 130 valence electrons. The summed E-state index contributed by atoms with van der Waals surface area (Å²) in [7, 11) is 4.22. The third kappa shape index (κ3) is 2.57. The van der Waals surface area contributed by atoms with E-state index in [1.54, 1.807) is 13.8 Å². The van der Waals surface area contributed by atoms with E-state index in [0.717, 1.165) is 0 Å². The number of carbonyl (C=O) groups is 2. The van der Waals surface area contributed by atoms with Crippen molar-refractivity contribution in [3.05, 3.63) is 0 Å². The minimum absolute atomic E-state index is 0.470. The first kappa shape index (κ1) is 16.4. The molecule has 0 bridgehead atoms. The fourth-order valence-corrected chi connectivity index (χ4v) is 3.30. The smallest absolute Gasteiger partial charge is 0.410 e. The Morgan fingerprint density at radius 1 is 1.13 bits per heavy atom. The van der Waals surface area contributed by atoms with Gasteiger partial charge in [0.15, 0.2) is 24.2 Å². The third-order valence-corrected chi connectivity index (χ3v) is 4.30. The van der Waals surface area contributed by atoms with Crippen molar-refractivity contribution in [2.24, 2.45) is 0 Å². The summed E-state index contributed by atoms with van der Waals surface area (Å²) >= 11 is 0. The van der Waals surface area contributed by atoms with Gasteiger partial charge in [0.25, 0.3) is 0 Å². The molecule has 9 heteroatoms. The fraction of sp³-hybridized carbons (Fsp3) is 0.857. The van der Waals surface area contributed by atoms with Crippen LogP contribution in [0, 0.1) is 0 Å². The quantitative estimate of drug-likeness (QED) is 0.660. The van der Waals surface area contributed by atoms with Crippen LogP contribution in [0.2, 0.25) is 0 Å². The van der Waals surface area contributed by atoms with Gasteiger partial charge < -0.3 is 28.4 Å². The van der Waals surface area contributed by atoms with Gasteiger partial charge in [0.05, 0.1) is 7.11 Å². The molecule has 3 aliphatic heterocycles. The lowest BCUT2D eigenvalue weighted by Gasteiger charge is -2.28. The molecule has 0 spiro atoms. The van der Waals surface area contributed by atoms with Gasteiger partial charge in [-0.2, -0.15) is 0 Å². The van der Waals surface area contributed by atoms with Gasteiger partial charge in [-0.1, -0.05) is 0 Å². The molecule has 0 saturated carbocycles. The van der Waals surface area contributed by atoms with Crippen LogP contribution in [0.3, 0.4) is 0 Å². The normalized spacial score (nSPS) is 41.8. The lowest BCUT2D eigenvalue weighted by Crippen LogP contribution is -2.50. The van der Waals surface area contributed by atoms with Crippen molar-refractivity contribution >= 4 is 12.1 Å². The van der Waals surface area contributed by atoms with Gasteiger partial charge in [-0.05, 0) is 13.8 Å². The molecule has 0 aromatic heterocycles. The van der Waals surface area contributed by atoms with E-state index < -0.39 is 54.6 Å². The largest absolute Gasteiger partial charge is 0.467 e. The van der Waals surface area contributed by atoms with Crippen molar-refractivity contribution in [1.82, 2.24) is 4.90 Å². The number of ether oxygens (including phenoxy) is 6. The molecule has 3 aliphatic rings. The molecule has 0 radical (unpaired) electrons. The minimum Gasteiger partial charge on any atom is -0.467 e. The van der Waals surface area contributed by atoms with Crippen LogP contribution in [0.15, 0.2) is 0 Å². The summed E-state index contributed by atoms with van der Waals surface area (Å²) in [5, 5.41) is 0. The van der Waals surface area contributed by atoms with E-state index in [0.29, 0.717) is 0 Å². The van der Waals surface area contributed by atoms with Crippen LogP contribution in [0.5, 0.6) is 0 Å². The van der Waals surface area contributed by atoms with Crippen LogP contribution in [0.4, 0.5) is 4.79 Å². The number of rotatable bonds is 3. The first-order chi connectivity index (χ1) is 10.8.